The van der Waals surface area contributed by atoms with Gasteiger partial charge in [-0.15, -0.1) is 11.3 Å². The number of likely N-dealkylation sites (tertiary alicyclic amines) is 1. The Morgan fingerprint density at radius 3 is 2.53 bits per heavy atom. The van der Waals surface area contributed by atoms with Gasteiger partial charge in [-0.3, -0.25) is 4.72 Å². The van der Waals surface area contributed by atoms with E-state index in [1.54, 1.807) is 0 Å². The van der Waals surface area contributed by atoms with Gasteiger partial charge in [-0.1, -0.05) is 23.2 Å². The summed E-state index contributed by atoms with van der Waals surface area (Å²) in [5, 5.41) is 0. The Kier molecular flexibility index (Phi) is 7.36. The molecule has 2 aromatic rings. The van der Waals surface area contributed by atoms with Gasteiger partial charge in [0.25, 0.3) is 10.0 Å². The highest BCUT2D eigenvalue weighted by Gasteiger charge is 2.34. The minimum atomic E-state index is -4.52. The molecule has 1 saturated heterocycles. The van der Waals surface area contributed by atoms with Crippen LogP contribution in [0.2, 0.25) is 8.67 Å². The van der Waals surface area contributed by atoms with E-state index in [-0.39, 0.29) is 35.7 Å². The van der Waals surface area contributed by atoms with Crippen molar-refractivity contribution in [3.05, 3.63) is 42.5 Å². The van der Waals surface area contributed by atoms with E-state index < -0.39 is 21.8 Å². The molecule has 166 valence electrons. The third-order valence-corrected chi connectivity index (χ3v) is 9.82. The average molecular weight is 566 g/mol. The van der Waals surface area contributed by atoms with Crippen LogP contribution in [-0.2, 0) is 22.6 Å². The lowest BCUT2D eigenvalue weighted by Gasteiger charge is -2.17. The first-order valence-electron chi connectivity index (χ1n) is 8.93. The van der Waals surface area contributed by atoms with E-state index in [0.717, 1.165) is 43.0 Å². The van der Waals surface area contributed by atoms with Crippen molar-refractivity contribution in [1.82, 2.24) is 4.90 Å². The predicted molar refractivity (Wildman–Crippen MR) is 118 cm³/mol. The summed E-state index contributed by atoms with van der Waals surface area (Å²) in [6.45, 7) is 1.77. The lowest BCUT2D eigenvalue weighted by molar-refractivity contribution is -0.138. The van der Waals surface area contributed by atoms with Gasteiger partial charge in [0.05, 0.1) is 10.0 Å². The van der Waals surface area contributed by atoms with Crippen molar-refractivity contribution < 1.29 is 21.6 Å². The third-order valence-electron chi connectivity index (χ3n) is 4.97. The van der Waals surface area contributed by atoms with E-state index >= 15 is 0 Å². The first-order valence-corrected chi connectivity index (χ1v) is 12.8. The van der Waals surface area contributed by atoms with Crippen LogP contribution in [0.3, 0.4) is 0 Å². The molecule has 1 aliphatic heterocycles. The number of hydrogen-bond donors (Lipinski definition) is 1. The molecule has 0 amide bonds. The molecule has 1 aromatic heterocycles. The number of halogens is 6. The van der Waals surface area contributed by atoms with Crippen molar-refractivity contribution >= 4 is 66.2 Å². The largest absolute Gasteiger partial charge is 0.416 e. The normalized spacial score (nSPS) is 18.2. The molecule has 30 heavy (non-hydrogen) atoms. The number of nitrogens with zero attached hydrogens (tertiary/aromatic N) is 1. The van der Waals surface area contributed by atoms with E-state index in [0.29, 0.717) is 12.3 Å². The summed E-state index contributed by atoms with van der Waals surface area (Å²) in [7, 11) is -2.16. The number of hydrogen-bond acceptors (Lipinski definition) is 4. The summed E-state index contributed by atoms with van der Waals surface area (Å²) in [6, 6.07) is 3.25. The monoisotopic (exact) mass is 564 g/mol. The molecule has 1 aromatic carbocycles. The second-order valence-electron chi connectivity index (χ2n) is 7.22. The summed E-state index contributed by atoms with van der Waals surface area (Å²) in [6.07, 6.45) is -2.78. The van der Waals surface area contributed by atoms with Crippen LogP contribution < -0.4 is 4.72 Å². The number of benzene rings is 1. The van der Waals surface area contributed by atoms with Gasteiger partial charge in [0, 0.05) is 12.2 Å². The van der Waals surface area contributed by atoms with Crippen LogP contribution in [0.4, 0.5) is 18.9 Å². The van der Waals surface area contributed by atoms with Crippen LogP contribution in [0.1, 0.15) is 24.0 Å². The summed E-state index contributed by atoms with van der Waals surface area (Å²) < 4.78 is 68.5. The maximum atomic E-state index is 13.5. The summed E-state index contributed by atoms with van der Waals surface area (Å²) in [5.41, 5.74) is -0.660. The second-order valence-corrected chi connectivity index (χ2v) is 11.9. The van der Waals surface area contributed by atoms with Gasteiger partial charge in [0.1, 0.15) is 13.6 Å². The zero-order chi connectivity index (χ0) is 22.3. The first-order chi connectivity index (χ1) is 13.9. The number of rotatable bonds is 6. The van der Waals surface area contributed by atoms with Gasteiger partial charge in [0.2, 0.25) is 0 Å². The number of aryl methyl sites for hydroxylation is 1. The molecule has 1 fully saturated rings. The predicted octanol–water partition coefficient (Wildman–Crippen LogP) is 6.52. The van der Waals surface area contributed by atoms with Crippen LogP contribution >= 0.6 is 50.5 Å². The molecule has 0 aliphatic carbocycles. The van der Waals surface area contributed by atoms with Crippen LogP contribution in [0.15, 0.2) is 27.6 Å². The fourth-order valence-electron chi connectivity index (χ4n) is 3.54. The molecule has 12 heteroatoms. The minimum Gasteiger partial charge on any atom is -0.306 e. The van der Waals surface area contributed by atoms with E-state index in [9.17, 15) is 21.6 Å². The van der Waals surface area contributed by atoms with Crippen molar-refractivity contribution in [2.24, 2.45) is 5.92 Å². The molecular formula is C18H18BrCl2F3N2O2S2. The Morgan fingerprint density at radius 2 is 2.00 bits per heavy atom. The quantitative estimate of drug-likeness (QED) is 0.433. The standard InChI is InChI=1S/C18H18BrCl2F3N2O2S2/c1-26-7-6-10(9-26)2-3-11-8-12(4-5-13(11)18(22,23)24)25-30(27,28)15-14(19)16(20)29-17(15)21/h4-5,8,10,25H,2-3,6-7,9H2,1H3/t10-/m1/s1. The third kappa shape index (κ3) is 5.45. The Morgan fingerprint density at radius 1 is 1.30 bits per heavy atom. The van der Waals surface area contributed by atoms with E-state index in [4.69, 9.17) is 23.2 Å². The molecular weight excluding hydrogens is 548 g/mol. The topological polar surface area (TPSA) is 49.4 Å². The minimum absolute atomic E-state index is 0.0341. The first kappa shape index (κ1) is 24.1. The number of sulfonamides is 1. The SMILES string of the molecule is CN1CC[C@@H](CCc2cc(NS(=O)(=O)c3c(Cl)sc(Cl)c3Br)ccc2C(F)(F)F)C1. The summed E-state index contributed by atoms with van der Waals surface area (Å²) in [5.74, 6) is 0.319. The highest BCUT2D eigenvalue weighted by atomic mass is 79.9. The molecule has 0 unspecified atom stereocenters. The fourth-order valence-corrected chi connectivity index (χ4v) is 8.15. The number of anilines is 1. The van der Waals surface area contributed by atoms with Crippen LogP contribution in [-0.4, -0.2) is 33.5 Å². The lowest BCUT2D eigenvalue weighted by atomic mass is 9.95. The molecule has 1 atom stereocenters. The van der Waals surface area contributed by atoms with Gasteiger partial charge >= 0.3 is 6.18 Å². The Labute approximate surface area is 195 Å². The molecule has 0 bridgehead atoms. The Balaban J connectivity index is 1.88. The molecule has 0 saturated carbocycles. The number of alkyl halides is 3. The van der Waals surface area contributed by atoms with E-state index in [2.05, 4.69) is 25.6 Å². The van der Waals surface area contributed by atoms with Crippen molar-refractivity contribution in [3.63, 3.8) is 0 Å². The van der Waals surface area contributed by atoms with Crippen molar-refractivity contribution in [2.75, 3.05) is 24.9 Å². The molecule has 1 aliphatic rings. The van der Waals surface area contributed by atoms with Gasteiger partial charge in [-0.2, -0.15) is 13.2 Å². The van der Waals surface area contributed by atoms with E-state index in [1.807, 2.05) is 7.05 Å². The Hall–Kier alpha value is -0.520. The van der Waals surface area contributed by atoms with Crippen LogP contribution in [0.5, 0.6) is 0 Å². The molecule has 0 radical (unpaired) electrons. The van der Waals surface area contributed by atoms with Crippen molar-refractivity contribution in [3.8, 4) is 0 Å². The zero-order valence-electron chi connectivity index (χ0n) is 15.7. The van der Waals surface area contributed by atoms with Gasteiger partial charge in [-0.05, 0) is 78.5 Å². The maximum Gasteiger partial charge on any atom is 0.416 e. The lowest BCUT2D eigenvalue weighted by Crippen LogP contribution is -2.16. The van der Waals surface area contributed by atoms with Crippen molar-refractivity contribution in [1.29, 1.82) is 0 Å². The second kappa shape index (κ2) is 9.15. The van der Waals surface area contributed by atoms with Gasteiger partial charge < -0.3 is 4.90 Å². The zero-order valence-corrected chi connectivity index (χ0v) is 20.4. The molecule has 1 N–H and O–H groups in total. The number of thiophene rings is 1. The van der Waals surface area contributed by atoms with Crippen molar-refractivity contribution in [2.45, 2.75) is 30.3 Å². The van der Waals surface area contributed by atoms with Crippen LogP contribution in [0, 0.1) is 5.92 Å². The fraction of sp³-hybridized carbons (Fsp3) is 0.444. The summed E-state index contributed by atoms with van der Waals surface area (Å²) in [4.78, 5) is 1.91. The summed E-state index contributed by atoms with van der Waals surface area (Å²) >= 11 is 15.9. The average Bonchev–Trinajstić information content (AvgIpc) is 3.14. The smallest absolute Gasteiger partial charge is 0.306 e. The Bertz CT molecular complexity index is 1040. The highest BCUT2D eigenvalue weighted by Crippen LogP contribution is 2.43. The number of nitrogens with one attached hydrogen (secondary N) is 1. The van der Waals surface area contributed by atoms with E-state index in [1.165, 1.54) is 6.07 Å². The molecule has 0 spiro atoms. The van der Waals surface area contributed by atoms with Gasteiger partial charge in [0.15, 0.2) is 0 Å². The molecule has 2 heterocycles. The van der Waals surface area contributed by atoms with Gasteiger partial charge in [-0.25, -0.2) is 8.42 Å². The maximum absolute atomic E-state index is 13.5. The molecule has 4 nitrogen and oxygen atoms in total. The highest BCUT2D eigenvalue weighted by molar-refractivity contribution is 9.10. The molecule has 3 rings (SSSR count). The van der Waals surface area contributed by atoms with Crippen LogP contribution in [0.25, 0.3) is 0 Å².